The minimum Gasteiger partial charge on any atom is -0.496 e. The molecule has 0 aliphatic carbocycles. The highest BCUT2D eigenvalue weighted by Crippen LogP contribution is 2.36. The zero-order chi connectivity index (χ0) is 24.4. The molecule has 0 bridgehead atoms. The number of rotatable bonds is 8. The number of ether oxygens (including phenoxy) is 1. The molecule has 2 aromatic rings. The largest absolute Gasteiger partial charge is 0.496 e. The SMILES string of the molecule is COc1cccc2[nH]c(C(O)N3C[C@H](C(C)C)C[C@H]3C(=O)N[C@H](C#N)C[C@@H]3CCNC3=O)cc12. The Kier molecular flexibility index (Phi) is 7.10. The summed E-state index contributed by atoms with van der Waals surface area (Å²) in [5.41, 5.74) is 1.43. The summed E-state index contributed by atoms with van der Waals surface area (Å²) in [7, 11) is 1.60. The van der Waals surface area contributed by atoms with E-state index >= 15 is 0 Å². The fraction of sp³-hybridized carbons (Fsp3) is 0.560. The molecule has 34 heavy (non-hydrogen) atoms. The van der Waals surface area contributed by atoms with Crippen LogP contribution in [-0.4, -0.2) is 59.1 Å². The predicted molar refractivity (Wildman–Crippen MR) is 127 cm³/mol. The molecule has 0 spiro atoms. The molecule has 0 saturated carbocycles. The van der Waals surface area contributed by atoms with Gasteiger partial charge in [-0.1, -0.05) is 19.9 Å². The van der Waals surface area contributed by atoms with Crippen molar-refractivity contribution in [1.82, 2.24) is 20.5 Å². The molecule has 1 unspecified atom stereocenters. The second-order valence-electron chi connectivity index (χ2n) is 9.67. The van der Waals surface area contributed by atoms with Gasteiger partial charge in [0.1, 0.15) is 18.0 Å². The Morgan fingerprint density at radius 2 is 2.21 bits per heavy atom. The van der Waals surface area contributed by atoms with Crippen LogP contribution in [-0.2, 0) is 9.59 Å². The van der Waals surface area contributed by atoms with Gasteiger partial charge in [0, 0.05) is 29.9 Å². The average Bonchev–Trinajstić information content (AvgIpc) is 3.56. The van der Waals surface area contributed by atoms with Crippen molar-refractivity contribution in [3.8, 4) is 11.8 Å². The summed E-state index contributed by atoms with van der Waals surface area (Å²) in [6, 6.07) is 8.30. The van der Waals surface area contributed by atoms with Crippen LogP contribution >= 0.6 is 0 Å². The third-order valence-electron chi connectivity index (χ3n) is 7.23. The van der Waals surface area contributed by atoms with Crippen molar-refractivity contribution in [2.45, 2.75) is 51.4 Å². The number of H-pyrrole nitrogens is 1. The van der Waals surface area contributed by atoms with Crippen molar-refractivity contribution in [3.05, 3.63) is 30.0 Å². The third kappa shape index (κ3) is 4.74. The van der Waals surface area contributed by atoms with Gasteiger partial charge in [-0.3, -0.25) is 14.5 Å². The number of hydrogen-bond donors (Lipinski definition) is 4. The molecule has 2 saturated heterocycles. The van der Waals surface area contributed by atoms with Crippen molar-refractivity contribution in [3.63, 3.8) is 0 Å². The minimum absolute atomic E-state index is 0.0680. The van der Waals surface area contributed by atoms with Gasteiger partial charge in [0.05, 0.1) is 24.9 Å². The molecule has 1 aromatic heterocycles. The maximum absolute atomic E-state index is 13.3. The Bertz CT molecular complexity index is 1090. The molecule has 3 heterocycles. The van der Waals surface area contributed by atoms with Crippen molar-refractivity contribution < 1.29 is 19.4 Å². The number of carbonyl (C=O) groups is 2. The summed E-state index contributed by atoms with van der Waals surface area (Å²) >= 11 is 0. The topological polar surface area (TPSA) is 130 Å². The second-order valence-corrected chi connectivity index (χ2v) is 9.67. The number of aromatic nitrogens is 1. The predicted octanol–water partition coefficient (Wildman–Crippen LogP) is 2.05. The van der Waals surface area contributed by atoms with Gasteiger partial charge in [0.2, 0.25) is 11.8 Å². The molecule has 9 nitrogen and oxygen atoms in total. The number of nitrogens with zero attached hydrogens (tertiary/aromatic N) is 2. The molecular formula is C25H33N5O4. The smallest absolute Gasteiger partial charge is 0.238 e. The highest BCUT2D eigenvalue weighted by Gasteiger charge is 2.42. The number of fused-ring (bicyclic) bond motifs is 1. The van der Waals surface area contributed by atoms with Crippen LogP contribution in [0.4, 0.5) is 0 Å². The van der Waals surface area contributed by atoms with Crippen LogP contribution in [0, 0.1) is 29.1 Å². The average molecular weight is 468 g/mol. The van der Waals surface area contributed by atoms with Gasteiger partial charge in [0.25, 0.3) is 0 Å². The van der Waals surface area contributed by atoms with E-state index in [0.29, 0.717) is 49.7 Å². The number of benzene rings is 1. The lowest BCUT2D eigenvalue weighted by molar-refractivity contribution is -0.130. The van der Waals surface area contributed by atoms with Crippen LogP contribution in [0.15, 0.2) is 24.3 Å². The number of likely N-dealkylation sites (tertiary alicyclic amines) is 1. The van der Waals surface area contributed by atoms with Crippen molar-refractivity contribution in [1.29, 1.82) is 5.26 Å². The molecule has 0 radical (unpaired) electrons. The number of aliphatic hydroxyl groups excluding tert-OH is 1. The summed E-state index contributed by atoms with van der Waals surface area (Å²) in [5, 5.41) is 27.4. The Balaban J connectivity index is 1.53. The van der Waals surface area contributed by atoms with Crippen LogP contribution in [0.5, 0.6) is 5.75 Å². The first-order valence-corrected chi connectivity index (χ1v) is 11.9. The van der Waals surface area contributed by atoms with E-state index in [1.165, 1.54) is 0 Å². The lowest BCUT2D eigenvalue weighted by Gasteiger charge is -2.29. The van der Waals surface area contributed by atoms with E-state index in [4.69, 9.17) is 4.74 Å². The zero-order valence-corrected chi connectivity index (χ0v) is 19.9. The first-order valence-electron chi connectivity index (χ1n) is 11.9. The molecule has 2 fully saturated rings. The number of nitrogens with one attached hydrogen (secondary N) is 3. The summed E-state index contributed by atoms with van der Waals surface area (Å²) < 4.78 is 5.43. The summed E-state index contributed by atoms with van der Waals surface area (Å²) in [5.74, 6) is 0.646. The summed E-state index contributed by atoms with van der Waals surface area (Å²) in [4.78, 5) is 30.3. The third-order valence-corrected chi connectivity index (χ3v) is 7.23. The molecular weight excluding hydrogens is 434 g/mol. The molecule has 182 valence electrons. The van der Waals surface area contributed by atoms with Crippen LogP contribution < -0.4 is 15.4 Å². The highest BCUT2D eigenvalue weighted by atomic mass is 16.5. The molecule has 4 rings (SSSR count). The van der Waals surface area contributed by atoms with Gasteiger partial charge >= 0.3 is 0 Å². The Morgan fingerprint density at radius 1 is 1.41 bits per heavy atom. The number of carbonyl (C=O) groups excluding carboxylic acids is 2. The molecule has 5 atom stereocenters. The van der Waals surface area contributed by atoms with Gasteiger partial charge in [-0.2, -0.15) is 5.26 Å². The van der Waals surface area contributed by atoms with Crippen LogP contribution in [0.1, 0.15) is 45.0 Å². The fourth-order valence-corrected chi connectivity index (χ4v) is 5.12. The first-order chi connectivity index (χ1) is 16.3. The van der Waals surface area contributed by atoms with E-state index in [2.05, 4.69) is 35.5 Å². The van der Waals surface area contributed by atoms with Crippen LogP contribution in [0.3, 0.4) is 0 Å². The van der Waals surface area contributed by atoms with Crippen LogP contribution in [0.2, 0.25) is 0 Å². The number of amides is 2. The number of hydrogen-bond acceptors (Lipinski definition) is 6. The fourth-order valence-electron chi connectivity index (χ4n) is 5.12. The first kappa shape index (κ1) is 24.0. The number of methoxy groups -OCH3 is 1. The maximum atomic E-state index is 13.3. The summed E-state index contributed by atoms with van der Waals surface area (Å²) in [6.07, 6.45) is 0.531. The Morgan fingerprint density at radius 3 is 2.85 bits per heavy atom. The van der Waals surface area contributed by atoms with E-state index in [1.807, 2.05) is 24.3 Å². The Labute approximate surface area is 199 Å². The highest BCUT2D eigenvalue weighted by molar-refractivity contribution is 5.87. The van der Waals surface area contributed by atoms with E-state index in [9.17, 15) is 20.0 Å². The Hall–Kier alpha value is -3.09. The minimum atomic E-state index is -1.02. The van der Waals surface area contributed by atoms with E-state index in [-0.39, 0.29) is 23.7 Å². The molecule has 2 amide bonds. The van der Waals surface area contributed by atoms with Gasteiger partial charge in [0.15, 0.2) is 0 Å². The molecule has 4 N–H and O–H groups in total. The number of aliphatic hydroxyl groups is 1. The molecule has 1 aromatic carbocycles. The van der Waals surface area contributed by atoms with Crippen molar-refractivity contribution in [2.75, 3.05) is 20.2 Å². The monoisotopic (exact) mass is 467 g/mol. The summed E-state index contributed by atoms with van der Waals surface area (Å²) in [6.45, 7) is 5.38. The second kappa shape index (κ2) is 10.0. The van der Waals surface area contributed by atoms with Crippen molar-refractivity contribution >= 4 is 22.7 Å². The van der Waals surface area contributed by atoms with Gasteiger partial charge in [-0.25, -0.2) is 0 Å². The van der Waals surface area contributed by atoms with E-state index < -0.39 is 18.3 Å². The van der Waals surface area contributed by atoms with Gasteiger partial charge in [-0.15, -0.1) is 0 Å². The molecule has 9 heteroatoms. The van der Waals surface area contributed by atoms with Crippen LogP contribution in [0.25, 0.3) is 10.9 Å². The molecule has 2 aliphatic rings. The lowest BCUT2D eigenvalue weighted by Crippen LogP contribution is -2.48. The van der Waals surface area contributed by atoms with E-state index in [1.54, 1.807) is 12.0 Å². The van der Waals surface area contributed by atoms with E-state index in [0.717, 1.165) is 10.9 Å². The standard InChI is InChI=1S/C25H33N5O4/c1-14(2)16-10-21(24(32)28-17(12-26)9-15-7-8-27-23(15)31)30(13-16)25(33)20-11-18-19(29-20)5-4-6-22(18)34-3/h4-6,11,14-17,21,25,29,33H,7-10,13H2,1-3H3,(H,27,31)(H,28,32)/t15-,16+,17-,21-,25?/m0/s1. The number of aromatic amines is 1. The number of nitriles is 1. The normalized spacial score (nSPS) is 24.7. The lowest BCUT2D eigenvalue weighted by atomic mass is 9.93. The molecule has 2 aliphatic heterocycles. The van der Waals surface area contributed by atoms with Crippen molar-refractivity contribution in [2.24, 2.45) is 17.8 Å². The quantitative estimate of drug-likeness (QED) is 0.470. The zero-order valence-electron chi connectivity index (χ0n) is 19.9. The van der Waals surface area contributed by atoms with Gasteiger partial charge < -0.3 is 25.5 Å². The maximum Gasteiger partial charge on any atom is 0.238 e. The van der Waals surface area contributed by atoms with Gasteiger partial charge in [-0.05, 0) is 49.3 Å².